The van der Waals surface area contributed by atoms with Gasteiger partial charge < -0.3 is 4.48 Å². The van der Waals surface area contributed by atoms with Crippen LogP contribution in [0.3, 0.4) is 0 Å². The van der Waals surface area contributed by atoms with Crippen LogP contribution < -0.4 is 0 Å². The molecule has 2 aromatic carbocycles. The van der Waals surface area contributed by atoms with Crippen molar-refractivity contribution in [1.82, 2.24) is 0 Å². The standard InChI is InChI=1S/C20H26N/c1-21(2,3)17-11-10-16-20(18-12-6-4-7-13-18)19-14-8-5-9-15-19/h4-9,12-16H,10-11,17H2,1-3H3/q+1. The number of unbranched alkanes of at least 4 members (excludes halogenated alkanes) is 1. The average Bonchev–Trinajstić information content (AvgIpc) is 2.48. The summed E-state index contributed by atoms with van der Waals surface area (Å²) in [6, 6.07) is 21.4. The molecule has 110 valence electrons. The van der Waals surface area contributed by atoms with Crippen molar-refractivity contribution >= 4 is 5.57 Å². The second-order valence-electron chi connectivity index (χ2n) is 6.51. The summed E-state index contributed by atoms with van der Waals surface area (Å²) in [6.45, 7) is 1.20. The van der Waals surface area contributed by atoms with E-state index in [9.17, 15) is 0 Å². The third kappa shape index (κ3) is 5.20. The molecule has 21 heavy (non-hydrogen) atoms. The molecule has 0 saturated carbocycles. The number of allylic oxidation sites excluding steroid dienone is 1. The molecule has 0 aliphatic rings. The zero-order chi connectivity index (χ0) is 15.1. The lowest BCUT2D eigenvalue weighted by Crippen LogP contribution is -2.35. The predicted octanol–water partition coefficient (Wildman–Crippen LogP) is 4.60. The number of hydrogen-bond donors (Lipinski definition) is 0. The summed E-state index contributed by atoms with van der Waals surface area (Å²) in [6.07, 6.45) is 4.72. The normalized spacial score (nSPS) is 11.2. The number of quaternary nitrogens is 1. The van der Waals surface area contributed by atoms with Gasteiger partial charge >= 0.3 is 0 Å². The molecule has 0 aliphatic carbocycles. The van der Waals surface area contributed by atoms with Gasteiger partial charge in [-0.25, -0.2) is 0 Å². The van der Waals surface area contributed by atoms with Gasteiger partial charge in [-0.3, -0.25) is 0 Å². The Labute approximate surface area is 129 Å². The lowest BCUT2D eigenvalue weighted by Gasteiger charge is -2.23. The maximum atomic E-state index is 2.39. The van der Waals surface area contributed by atoms with Crippen molar-refractivity contribution in [3.63, 3.8) is 0 Å². The van der Waals surface area contributed by atoms with E-state index < -0.39 is 0 Å². The van der Waals surface area contributed by atoms with Gasteiger partial charge in [-0.2, -0.15) is 0 Å². The van der Waals surface area contributed by atoms with Crippen LogP contribution in [0, 0.1) is 0 Å². The molecule has 1 nitrogen and oxygen atoms in total. The molecule has 0 bridgehead atoms. The first-order valence-electron chi connectivity index (χ1n) is 7.68. The first-order valence-corrected chi connectivity index (χ1v) is 7.68. The summed E-state index contributed by atoms with van der Waals surface area (Å²) < 4.78 is 1.03. The van der Waals surface area contributed by atoms with Crippen molar-refractivity contribution in [1.29, 1.82) is 0 Å². The van der Waals surface area contributed by atoms with Gasteiger partial charge in [0.05, 0.1) is 27.7 Å². The molecule has 0 atom stereocenters. The summed E-state index contributed by atoms with van der Waals surface area (Å²) in [5, 5.41) is 0. The average molecular weight is 280 g/mol. The van der Waals surface area contributed by atoms with E-state index in [0.29, 0.717) is 0 Å². The largest absolute Gasteiger partial charge is 0.331 e. The number of benzene rings is 2. The highest BCUT2D eigenvalue weighted by Crippen LogP contribution is 2.24. The van der Waals surface area contributed by atoms with Gasteiger partial charge in [0.1, 0.15) is 0 Å². The molecule has 2 rings (SSSR count). The fourth-order valence-electron chi connectivity index (χ4n) is 2.45. The SMILES string of the molecule is C[N+](C)(C)CCCC=C(c1ccccc1)c1ccccc1. The molecule has 0 radical (unpaired) electrons. The van der Waals surface area contributed by atoms with Crippen molar-refractivity contribution in [2.24, 2.45) is 0 Å². The summed E-state index contributed by atoms with van der Waals surface area (Å²) >= 11 is 0. The lowest BCUT2D eigenvalue weighted by atomic mass is 9.96. The van der Waals surface area contributed by atoms with Crippen molar-refractivity contribution in [2.45, 2.75) is 12.8 Å². The van der Waals surface area contributed by atoms with Gasteiger partial charge in [0, 0.05) is 6.42 Å². The van der Waals surface area contributed by atoms with E-state index in [4.69, 9.17) is 0 Å². The Morgan fingerprint density at radius 2 is 1.29 bits per heavy atom. The van der Waals surface area contributed by atoms with Crippen LogP contribution in [0.15, 0.2) is 66.7 Å². The summed E-state index contributed by atoms with van der Waals surface area (Å²) in [4.78, 5) is 0. The van der Waals surface area contributed by atoms with Crippen LogP contribution in [0.2, 0.25) is 0 Å². The molecule has 0 heterocycles. The van der Waals surface area contributed by atoms with Crippen LogP contribution in [0.5, 0.6) is 0 Å². The highest BCUT2D eigenvalue weighted by molar-refractivity contribution is 5.79. The van der Waals surface area contributed by atoms with E-state index >= 15 is 0 Å². The van der Waals surface area contributed by atoms with Gasteiger partial charge in [-0.15, -0.1) is 0 Å². The molecular formula is C20H26N+. The zero-order valence-corrected chi connectivity index (χ0v) is 13.4. The van der Waals surface area contributed by atoms with Crippen LogP contribution in [0.4, 0.5) is 0 Å². The van der Waals surface area contributed by atoms with Crippen molar-refractivity contribution in [3.8, 4) is 0 Å². The number of nitrogens with zero attached hydrogens (tertiary/aromatic N) is 1. The van der Waals surface area contributed by atoms with Crippen LogP contribution in [0.25, 0.3) is 5.57 Å². The first-order chi connectivity index (χ1) is 10.1. The number of rotatable bonds is 6. The van der Waals surface area contributed by atoms with Gasteiger partial charge in [-0.05, 0) is 23.1 Å². The fraction of sp³-hybridized carbons (Fsp3) is 0.300. The molecule has 0 fully saturated rings. The smallest absolute Gasteiger partial charge is 0.0783 e. The second-order valence-corrected chi connectivity index (χ2v) is 6.51. The lowest BCUT2D eigenvalue weighted by molar-refractivity contribution is -0.870. The quantitative estimate of drug-likeness (QED) is 0.535. The third-order valence-corrected chi connectivity index (χ3v) is 3.55. The predicted molar refractivity (Wildman–Crippen MR) is 92.1 cm³/mol. The molecule has 0 saturated heterocycles. The Morgan fingerprint density at radius 1 is 0.810 bits per heavy atom. The minimum Gasteiger partial charge on any atom is -0.331 e. The van der Waals surface area contributed by atoms with E-state index in [1.807, 2.05) is 0 Å². The monoisotopic (exact) mass is 280 g/mol. The van der Waals surface area contributed by atoms with E-state index in [1.54, 1.807) is 0 Å². The van der Waals surface area contributed by atoms with Gasteiger partial charge in [0.2, 0.25) is 0 Å². The minimum atomic E-state index is 1.03. The Morgan fingerprint density at radius 3 is 1.71 bits per heavy atom. The topological polar surface area (TPSA) is 0 Å². The summed E-state index contributed by atoms with van der Waals surface area (Å²) in [7, 11) is 6.75. The van der Waals surface area contributed by atoms with E-state index in [-0.39, 0.29) is 0 Å². The summed E-state index contributed by atoms with van der Waals surface area (Å²) in [5.41, 5.74) is 3.94. The van der Waals surface area contributed by atoms with Gasteiger partial charge in [-0.1, -0.05) is 66.7 Å². The van der Waals surface area contributed by atoms with Crippen LogP contribution in [0.1, 0.15) is 24.0 Å². The third-order valence-electron chi connectivity index (χ3n) is 3.55. The number of hydrogen-bond acceptors (Lipinski definition) is 0. The molecule has 0 aliphatic heterocycles. The molecule has 1 heteroatoms. The van der Waals surface area contributed by atoms with Crippen LogP contribution in [-0.2, 0) is 0 Å². The van der Waals surface area contributed by atoms with Crippen molar-refractivity contribution in [2.75, 3.05) is 27.7 Å². The molecular weight excluding hydrogens is 254 g/mol. The maximum Gasteiger partial charge on any atom is 0.0783 e. The highest BCUT2D eigenvalue weighted by atomic mass is 15.3. The van der Waals surface area contributed by atoms with E-state index in [2.05, 4.69) is 87.9 Å². The maximum absolute atomic E-state index is 2.39. The van der Waals surface area contributed by atoms with Crippen molar-refractivity contribution in [3.05, 3.63) is 77.9 Å². The molecule has 0 unspecified atom stereocenters. The highest BCUT2D eigenvalue weighted by Gasteiger charge is 2.07. The zero-order valence-electron chi connectivity index (χ0n) is 13.4. The van der Waals surface area contributed by atoms with Gasteiger partial charge in [0.15, 0.2) is 0 Å². The Kier molecular flexibility index (Phi) is 5.35. The Hall–Kier alpha value is -1.86. The van der Waals surface area contributed by atoms with E-state index in [1.165, 1.54) is 29.7 Å². The Balaban J connectivity index is 2.17. The van der Waals surface area contributed by atoms with Crippen LogP contribution in [-0.4, -0.2) is 32.2 Å². The molecule has 0 aromatic heterocycles. The fourth-order valence-corrected chi connectivity index (χ4v) is 2.45. The molecule has 0 spiro atoms. The van der Waals surface area contributed by atoms with Crippen molar-refractivity contribution < 1.29 is 4.48 Å². The minimum absolute atomic E-state index is 1.03. The molecule has 2 aromatic rings. The second kappa shape index (κ2) is 7.24. The van der Waals surface area contributed by atoms with Gasteiger partial charge in [0.25, 0.3) is 0 Å². The van der Waals surface area contributed by atoms with Crippen LogP contribution >= 0.6 is 0 Å². The summed E-state index contributed by atoms with van der Waals surface area (Å²) in [5.74, 6) is 0. The van der Waals surface area contributed by atoms with E-state index in [0.717, 1.165) is 10.9 Å². The Bertz CT molecular complexity index is 520. The first kappa shape index (κ1) is 15.5. The molecule has 0 amide bonds. The molecule has 0 N–H and O–H groups in total.